The third-order valence-corrected chi connectivity index (χ3v) is 5.10. The predicted octanol–water partition coefficient (Wildman–Crippen LogP) is 1.55. The minimum absolute atomic E-state index is 0.00606. The summed E-state index contributed by atoms with van der Waals surface area (Å²) in [5.41, 5.74) is 6.75. The van der Waals surface area contributed by atoms with E-state index in [-0.39, 0.29) is 10.9 Å². The Bertz CT molecular complexity index is 896. The van der Waals surface area contributed by atoms with Crippen molar-refractivity contribution < 1.29 is 22.6 Å². The molecule has 0 saturated heterocycles. The molecule has 3 N–H and O–H groups in total. The predicted molar refractivity (Wildman–Crippen MR) is 103 cm³/mol. The van der Waals surface area contributed by atoms with E-state index in [9.17, 15) is 8.42 Å². The molecule has 27 heavy (non-hydrogen) atoms. The van der Waals surface area contributed by atoms with Gasteiger partial charge in [-0.15, -0.1) is 0 Å². The Labute approximate surface area is 159 Å². The first-order valence-electron chi connectivity index (χ1n) is 8.07. The Hall–Kier alpha value is -2.94. The van der Waals surface area contributed by atoms with Gasteiger partial charge in [0.25, 0.3) is 10.0 Å². The molecule has 8 nitrogen and oxygen atoms in total. The zero-order valence-electron chi connectivity index (χ0n) is 15.4. The van der Waals surface area contributed by atoms with E-state index in [1.165, 1.54) is 32.4 Å². The summed E-state index contributed by atoms with van der Waals surface area (Å²) in [5, 5.41) is 0. The Kier molecular flexibility index (Phi) is 6.89. The van der Waals surface area contributed by atoms with Gasteiger partial charge in [-0.1, -0.05) is 12.1 Å². The second-order valence-electron chi connectivity index (χ2n) is 5.49. The van der Waals surface area contributed by atoms with Gasteiger partial charge in [-0.3, -0.25) is 4.99 Å². The van der Waals surface area contributed by atoms with E-state index in [1.807, 2.05) is 24.3 Å². The van der Waals surface area contributed by atoms with E-state index in [4.69, 9.17) is 19.9 Å². The quantitative estimate of drug-likeness (QED) is 0.520. The number of sulfonamides is 1. The first-order valence-corrected chi connectivity index (χ1v) is 9.55. The topological polar surface area (TPSA) is 112 Å². The molecule has 9 heteroatoms. The van der Waals surface area contributed by atoms with Gasteiger partial charge in [0.2, 0.25) is 5.96 Å². The second kappa shape index (κ2) is 9.13. The number of benzene rings is 2. The maximum Gasteiger partial charge on any atom is 0.264 e. The van der Waals surface area contributed by atoms with Gasteiger partial charge in [0.05, 0.1) is 26.2 Å². The molecule has 0 unspecified atom stereocenters. The first kappa shape index (κ1) is 20.4. The summed E-state index contributed by atoms with van der Waals surface area (Å²) in [5.74, 6) is 1.32. The van der Waals surface area contributed by atoms with E-state index in [0.717, 1.165) is 11.3 Å². The van der Waals surface area contributed by atoms with Crippen molar-refractivity contribution >= 4 is 16.0 Å². The molecule has 0 aliphatic heterocycles. The van der Waals surface area contributed by atoms with Crippen molar-refractivity contribution in [2.45, 2.75) is 11.3 Å². The maximum atomic E-state index is 12.4. The van der Waals surface area contributed by atoms with Gasteiger partial charge in [-0.25, -0.2) is 13.1 Å². The fourth-order valence-corrected chi connectivity index (χ4v) is 3.28. The average molecular weight is 393 g/mol. The molecule has 0 amide bonds. The van der Waals surface area contributed by atoms with Crippen LogP contribution in [0.3, 0.4) is 0 Å². The number of nitrogens with one attached hydrogen (secondary N) is 1. The fourth-order valence-electron chi connectivity index (χ4n) is 2.31. The summed E-state index contributed by atoms with van der Waals surface area (Å²) in [6, 6.07) is 11.8. The van der Waals surface area contributed by atoms with E-state index in [1.54, 1.807) is 7.11 Å². The molecular weight excluding hydrogens is 370 g/mol. The lowest BCUT2D eigenvalue weighted by atomic mass is 10.1. The smallest absolute Gasteiger partial charge is 0.264 e. The molecule has 2 aromatic rings. The van der Waals surface area contributed by atoms with Gasteiger partial charge in [-0.05, 0) is 36.2 Å². The molecule has 0 aliphatic rings. The lowest BCUT2D eigenvalue weighted by Gasteiger charge is -2.11. The van der Waals surface area contributed by atoms with Crippen LogP contribution < -0.4 is 24.7 Å². The average Bonchev–Trinajstić information content (AvgIpc) is 2.67. The van der Waals surface area contributed by atoms with Crippen molar-refractivity contribution in [3.8, 4) is 17.2 Å². The van der Waals surface area contributed by atoms with Gasteiger partial charge in [-0.2, -0.15) is 0 Å². The molecule has 2 aromatic carbocycles. The van der Waals surface area contributed by atoms with Gasteiger partial charge < -0.3 is 19.9 Å². The van der Waals surface area contributed by atoms with Crippen LogP contribution in [0.1, 0.15) is 5.56 Å². The minimum Gasteiger partial charge on any atom is -0.497 e. The molecule has 0 fully saturated rings. The number of nitrogens with two attached hydrogens (primary N) is 1. The van der Waals surface area contributed by atoms with Gasteiger partial charge in [0.1, 0.15) is 5.75 Å². The third-order valence-electron chi connectivity index (χ3n) is 3.75. The zero-order chi connectivity index (χ0) is 19.9. The first-order chi connectivity index (χ1) is 12.9. The van der Waals surface area contributed by atoms with Crippen LogP contribution in [0.25, 0.3) is 0 Å². The number of rotatable bonds is 8. The van der Waals surface area contributed by atoms with Crippen LogP contribution in [0, 0.1) is 0 Å². The lowest BCUT2D eigenvalue weighted by molar-refractivity contribution is 0.354. The van der Waals surface area contributed by atoms with Crippen LogP contribution >= 0.6 is 0 Å². The normalized spacial score (nSPS) is 11.7. The molecule has 0 saturated carbocycles. The third kappa shape index (κ3) is 5.52. The van der Waals surface area contributed by atoms with Crippen LogP contribution in [-0.4, -0.2) is 42.3 Å². The van der Waals surface area contributed by atoms with Gasteiger partial charge in [0, 0.05) is 12.6 Å². The minimum atomic E-state index is -3.88. The van der Waals surface area contributed by atoms with Crippen molar-refractivity contribution in [1.82, 2.24) is 4.72 Å². The molecule has 0 aliphatic carbocycles. The van der Waals surface area contributed by atoms with Crippen molar-refractivity contribution in [3.63, 3.8) is 0 Å². The molecule has 0 spiro atoms. The van der Waals surface area contributed by atoms with Crippen molar-refractivity contribution in [3.05, 3.63) is 48.0 Å². The molecule has 0 heterocycles. The Morgan fingerprint density at radius 3 is 2.26 bits per heavy atom. The Morgan fingerprint density at radius 2 is 1.67 bits per heavy atom. The number of hydrogen-bond donors (Lipinski definition) is 2. The van der Waals surface area contributed by atoms with Crippen LogP contribution in [0.2, 0.25) is 0 Å². The maximum absolute atomic E-state index is 12.4. The number of hydrogen-bond acceptors (Lipinski definition) is 6. The Balaban J connectivity index is 2.02. The molecule has 2 rings (SSSR count). The zero-order valence-corrected chi connectivity index (χ0v) is 16.2. The highest BCUT2D eigenvalue weighted by atomic mass is 32.2. The number of ether oxygens (including phenoxy) is 3. The van der Waals surface area contributed by atoms with Gasteiger partial charge >= 0.3 is 0 Å². The van der Waals surface area contributed by atoms with E-state index in [2.05, 4.69) is 9.71 Å². The van der Waals surface area contributed by atoms with Crippen molar-refractivity contribution in [2.24, 2.45) is 10.7 Å². The summed E-state index contributed by atoms with van der Waals surface area (Å²) in [4.78, 5) is 4.06. The highest BCUT2D eigenvalue weighted by Crippen LogP contribution is 2.29. The van der Waals surface area contributed by atoms with Crippen LogP contribution in [0.15, 0.2) is 52.4 Å². The fraction of sp³-hybridized carbons (Fsp3) is 0.278. The van der Waals surface area contributed by atoms with Crippen LogP contribution in [0.4, 0.5) is 0 Å². The van der Waals surface area contributed by atoms with Crippen molar-refractivity contribution in [1.29, 1.82) is 0 Å². The standard InChI is InChI=1S/C18H23N3O5S/c1-24-14-6-4-13(5-7-14)10-11-20-18(19)21-27(22,23)15-8-9-16(25-2)17(12-15)26-3/h4-9,12H,10-11H2,1-3H3,(H3,19,20,21). The van der Waals surface area contributed by atoms with E-state index < -0.39 is 10.0 Å². The molecule has 0 atom stereocenters. The van der Waals surface area contributed by atoms with Crippen LogP contribution in [-0.2, 0) is 16.4 Å². The monoisotopic (exact) mass is 393 g/mol. The Morgan fingerprint density at radius 1 is 1.00 bits per heavy atom. The van der Waals surface area contributed by atoms with Crippen molar-refractivity contribution in [2.75, 3.05) is 27.9 Å². The van der Waals surface area contributed by atoms with E-state index in [0.29, 0.717) is 24.5 Å². The highest BCUT2D eigenvalue weighted by molar-refractivity contribution is 7.90. The number of methoxy groups -OCH3 is 3. The van der Waals surface area contributed by atoms with Gasteiger partial charge in [0.15, 0.2) is 11.5 Å². The highest BCUT2D eigenvalue weighted by Gasteiger charge is 2.17. The number of nitrogens with zero attached hydrogens (tertiary/aromatic N) is 1. The number of guanidine groups is 1. The lowest BCUT2D eigenvalue weighted by Crippen LogP contribution is -2.37. The molecule has 0 aromatic heterocycles. The largest absolute Gasteiger partial charge is 0.497 e. The molecular formula is C18H23N3O5S. The molecule has 146 valence electrons. The van der Waals surface area contributed by atoms with Crippen LogP contribution in [0.5, 0.6) is 17.2 Å². The van der Waals surface area contributed by atoms with E-state index >= 15 is 0 Å². The molecule has 0 bridgehead atoms. The summed E-state index contributed by atoms with van der Waals surface area (Å²) in [6.45, 7) is 0.340. The summed E-state index contributed by atoms with van der Waals surface area (Å²) >= 11 is 0. The SMILES string of the molecule is COc1ccc(CCN=C(N)NS(=O)(=O)c2ccc(OC)c(OC)c2)cc1. The summed E-state index contributed by atoms with van der Waals surface area (Å²) in [7, 11) is 0.620. The summed E-state index contributed by atoms with van der Waals surface area (Å²) < 4.78 is 42.4. The second-order valence-corrected chi connectivity index (χ2v) is 7.17. The number of aliphatic imine (C=N–C) groups is 1. The summed E-state index contributed by atoms with van der Waals surface area (Å²) in [6.07, 6.45) is 0.614. The molecule has 0 radical (unpaired) electrons.